The molecule has 21 heavy (non-hydrogen) atoms. The van der Waals surface area contributed by atoms with E-state index in [1.165, 1.54) is 16.9 Å². The van der Waals surface area contributed by atoms with Crippen molar-refractivity contribution in [2.45, 2.75) is 36.4 Å². The van der Waals surface area contributed by atoms with Crippen molar-refractivity contribution in [2.75, 3.05) is 0 Å². The van der Waals surface area contributed by atoms with Crippen LogP contribution in [-0.2, 0) is 16.4 Å². The first-order valence-corrected chi connectivity index (χ1v) is 9.77. The number of benzene rings is 1. The molecule has 0 saturated carbocycles. The third kappa shape index (κ3) is 4.64. The van der Waals surface area contributed by atoms with Crippen LogP contribution < -0.4 is 4.72 Å². The maximum Gasteiger partial charge on any atom is 0.251 e. The molecule has 0 spiro atoms. The monoisotopic (exact) mass is 387 g/mol. The van der Waals surface area contributed by atoms with Crippen LogP contribution in [0.4, 0.5) is 0 Å². The molecule has 1 aromatic heterocycles. The average molecular weight is 388 g/mol. The molecule has 0 saturated heterocycles. The van der Waals surface area contributed by atoms with Gasteiger partial charge in [0.2, 0.25) is 0 Å². The first-order chi connectivity index (χ1) is 9.80. The summed E-state index contributed by atoms with van der Waals surface area (Å²) in [6.45, 7) is 3.82. The molecule has 6 heteroatoms. The Morgan fingerprint density at radius 2 is 1.86 bits per heavy atom. The Labute approximate surface area is 138 Å². The highest BCUT2D eigenvalue weighted by atomic mass is 79.9. The SMILES string of the molecule is CC(C)(CCc1ccccc1)NS(=O)(=O)c1sccc1Br. The molecule has 0 unspecified atom stereocenters. The maximum atomic E-state index is 12.4. The number of rotatable bonds is 6. The van der Waals surface area contributed by atoms with Crippen LogP contribution in [-0.4, -0.2) is 14.0 Å². The Balaban J connectivity index is 2.05. The standard InChI is InChI=1S/C15H18BrNO2S2/c1-15(2,10-8-12-6-4-3-5-7-12)17-21(18,19)14-13(16)9-11-20-14/h3-7,9,11,17H,8,10H2,1-2H3. The zero-order valence-electron chi connectivity index (χ0n) is 12.0. The molecule has 3 nitrogen and oxygen atoms in total. The molecule has 1 aromatic carbocycles. The largest absolute Gasteiger partial charge is 0.251 e. The molecule has 0 aliphatic rings. The molecular formula is C15H18BrNO2S2. The van der Waals surface area contributed by atoms with Gasteiger partial charge in [-0.2, -0.15) is 0 Å². The van der Waals surface area contributed by atoms with Crippen LogP contribution in [0.2, 0.25) is 0 Å². The van der Waals surface area contributed by atoms with Crippen molar-refractivity contribution >= 4 is 37.3 Å². The smallest absolute Gasteiger partial charge is 0.206 e. The molecule has 1 N–H and O–H groups in total. The highest BCUT2D eigenvalue weighted by Crippen LogP contribution is 2.29. The van der Waals surface area contributed by atoms with Gasteiger partial charge in [-0.25, -0.2) is 13.1 Å². The van der Waals surface area contributed by atoms with Gasteiger partial charge in [-0.05, 0) is 59.6 Å². The molecule has 0 aliphatic heterocycles. The zero-order valence-corrected chi connectivity index (χ0v) is 15.2. The van der Waals surface area contributed by atoms with E-state index in [4.69, 9.17) is 0 Å². The summed E-state index contributed by atoms with van der Waals surface area (Å²) in [4.78, 5) is 0. The molecule has 0 atom stereocenters. The lowest BCUT2D eigenvalue weighted by Gasteiger charge is -2.25. The first kappa shape index (κ1) is 16.7. The summed E-state index contributed by atoms with van der Waals surface area (Å²) < 4.78 is 28.6. The number of hydrogen-bond acceptors (Lipinski definition) is 3. The lowest BCUT2D eigenvalue weighted by molar-refractivity contribution is 0.422. The van der Waals surface area contributed by atoms with Crippen molar-refractivity contribution in [3.05, 3.63) is 51.8 Å². The van der Waals surface area contributed by atoms with E-state index in [0.717, 1.165) is 12.8 Å². The van der Waals surface area contributed by atoms with E-state index in [1.807, 2.05) is 32.0 Å². The van der Waals surface area contributed by atoms with Gasteiger partial charge in [0.25, 0.3) is 10.0 Å². The Bertz CT molecular complexity index is 693. The number of hydrogen-bond donors (Lipinski definition) is 1. The quantitative estimate of drug-likeness (QED) is 0.806. The van der Waals surface area contributed by atoms with Crippen molar-refractivity contribution in [2.24, 2.45) is 0 Å². The highest BCUT2D eigenvalue weighted by Gasteiger charge is 2.28. The summed E-state index contributed by atoms with van der Waals surface area (Å²) >= 11 is 4.49. The van der Waals surface area contributed by atoms with Gasteiger partial charge in [-0.3, -0.25) is 0 Å². The normalized spacial score (nSPS) is 12.5. The Morgan fingerprint density at radius 1 is 1.19 bits per heavy atom. The Morgan fingerprint density at radius 3 is 2.43 bits per heavy atom. The van der Waals surface area contributed by atoms with Crippen LogP contribution in [0.5, 0.6) is 0 Å². The van der Waals surface area contributed by atoms with E-state index >= 15 is 0 Å². The van der Waals surface area contributed by atoms with Gasteiger partial charge < -0.3 is 0 Å². The van der Waals surface area contributed by atoms with Crippen molar-refractivity contribution in [3.8, 4) is 0 Å². The third-order valence-electron chi connectivity index (χ3n) is 3.12. The fraction of sp³-hybridized carbons (Fsp3) is 0.333. The third-order valence-corrected chi connectivity index (χ3v) is 7.49. The van der Waals surface area contributed by atoms with Gasteiger partial charge in [0.1, 0.15) is 4.21 Å². The van der Waals surface area contributed by atoms with Crippen LogP contribution in [0.25, 0.3) is 0 Å². The lowest BCUT2D eigenvalue weighted by atomic mass is 9.97. The Kier molecular flexibility index (Phi) is 5.24. The molecule has 0 amide bonds. The molecule has 2 rings (SSSR count). The van der Waals surface area contributed by atoms with Crippen LogP contribution in [0.15, 0.2) is 50.5 Å². The molecule has 0 bridgehead atoms. The summed E-state index contributed by atoms with van der Waals surface area (Å²) in [6.07, 6.45) is 1.57. The van der Waals surface area contributed by atoms with Crippen molar-refractivity contribution in [1.82, 2.24) is 4.72 Å². The molecule has 0 aliphatic carbocycles. The minimum atomic E-state index is -3.49. The average Bonchev–Trinajstić information content (AvgIpc) is 2.84. The maximum absolute atomic E-state index is 12.4. The molecule has 2 aromatic rings. The molecule has 1 heterocycles. The van der Waals surface area contributed by atoms with Crippen molar-refractivity contribution in [1.29, 1.82) is 0 Å². The van der Waals surface area contributed by atoms with E-state index in [9.17, 15) is 8.42 Å². The van der Waals surface area contributed by atoms with Crippen molar-refractivity contribution in [3.63, 3.8) is 0 Å². The van der Waals surface area contributed by atoms with E-state index in [1.54, 1.807) is 11.4 Å². The predicted octanol–water partition coefficient (Wildman–Crippen LogP) is 4.20. The van der Waals surface area contributed by atoms with E-state index in [2.05, 4.69) is 32.8 Å². The first-order valence-electron chi connectivity index (χ1n) is 6.61. The summed E-state index contributed by atoms with van der Waals surface area (Å²) in [5.74, 6) is 0. The minimum Gasteiger partial charge on any atom is -0.206 e. The second-order valence-corrected chi connectivity index (χ2v) is 9.18. The second kappa shape index (κ2) is 6.60. The molecular weight excluding hydrogens is 370 g/mol. The van der Waals surface area contributed by atoms with Gasteiger partial charge in [0.15, 0.2) is 0 Å². The molecule has 114 valence electrons. The van der Waals surface area contributed by atoms with Gasteiger partial charge in [-0.1, -0.05) is 30.3 Å². The van der Waals surface area contributed by atoms with Crippen LogP contribution >= 0.6 is 27.3 Å². The topological polar surface area (TPSA) is 46.2 Å². The van der Waals surface area contributed by atoms with E-state index < -0.39 is 15.6 Å². The van der Waals surface area contributed by atoms with E-state index in [0.29, 0.717) is 8.68 Å². The molecule has 0 fully saturated rings. The highest BCUT2D eigenvalue weighted by molar-refractivity contribution is 9.10. The fourth-order valence-corrected chi connectivity index (χ4v) is 5.81. The van der Waals surface area contributed by atoms with Crippen LogP contribution in [0, 0.1) is 0 Å². The van der Waals surface area contributed by atoms with Crippen molar-refractivity contribution < 1.29 is 8.42 Å². The zero-order chi connectivity index (χ0) is 15.5. The summed E-state index contributed by atoms with van der Waals surface area (Å²) in [5, 5.41) is 1.76. The van der Waals surface area contributed by atoms with Gasteiger partial charge in [0.05, 0.1) is 0 Å². The second-order valence-electron chi connectivity index (χ2n) is 5.53. The number of aryl methyl sites for hydroxylation is 1. The lowest BCUT2D eigenvalue weighted by Crippen LogP contribution is -2.43. The minimum absolute atomic E-state index is 0.329. The number of halogens is 1. The van der Waals surface area contributed by atoms with Crippen LogP contribution in [0.3, 0.4) is 0 Å². The fourth-order valence-electron chi connectivity index (χ4n) is 2.03. The molecule has 0 radical (unpaired) electrons. The summed E-state index contributed by atoms with van der Waals surface area (Å²) in [7, 11) is -3.49. The van der Waals surface area contributed by atoms with Gasteiger partial charge in [-0.15, -0.1) is 11.3 Å². The number of thiophene rings is 1. The van der Waals surface area contributed by atoms with Gasteiger partial charge >= 0.3 is 0 Å². The van der Waals surface area contributed by atoms with Gasteiger partial charge in [0, 0.05) is 10.0 Å². The summed E-state index contributed by atoms with van der Waals surface area (Å²) in [6, 6.07) is 11.8. The number of nitrogens with one attached hydrogen (secondary N) is 1. The van der Waals surface area contributed by atoms with Crippen LogP contribution in [0.1, 0.15) is 25.8 Å². The van der Waals surface area contributed by atoms with E-state index in [-0.39, 0.29) is 0 Å². The number of sulfonamides is 1. The Hall–Kier alpha value is -0.690. The summed E-state index contributed by atoms with van der Waals surface area (Å²) in [5.41, 5.74) is 0.708. The predicted molar refractivity (Wildman–Crippen MR) is 91.2 cm³/mol.